The minimum absolute atomic E-state index is 3.85. The van der Waals surface area contributed by atoms with Crippen molar-refractivity contribution in [1.82, 2.24) is 0 Å². The molecule has 0 heterocycles. The van der Waals surface area contributed by atoms with Gasteiger partial charge in [-0.1, -0.05) is 0 Å². The van der Waals surface area contributed by atoms with Crippen molar-refractivity contribution >= 4 is 20.7 Å². The van der Waals surface area contributed by atoms with E-state index in [2.05, 4.69) is 5.14 Å². The van der Waals surface area contributed by atoms with E-state index in [1.807, 2.05) is 0 Å². The predicted octanol–water partition coefficient (Wildman–Crippen LogP) is -1.56. The van der Waals surface area contributed by atoms with Crippen LogP contribution >= 0.6 is 0 Å². The van der Waals surface area contributed by atoms with Crippen molar-refractivity contribution < 1.29 is 25.6 Å². The van der Waals surface area contributed by atoms with Crippen LogP contribution in [0.5, 0.6) is 0 Å². The summed E-state index contributed by atoms with van der Waals surface area (Å²) in [5, 5.41) is 3.85. The van der Waals surface area contributed by atoms with Gasteiger partial charge >= 0.3 is 4.59 Å². The van der Waals surface area contributed by atoms with Crippen LogP contribution in [0.25, 0.3) is 0 Å². The van der Waals surface area contributed by atoms with E-state index in [9.17, 15) is 25.6 Å². The molecule has 0 aliphatic rings. The lowest BCUT2D eigenvalue weighted by atomic mass is 11.6. The summed E-state index contributed by atoms with van der Waals surface area (Å²) in [6.07, 6.45) is 0. The summed E-state index contributed by atoms with van der Waals surface area (Å²) < 4.78 is 57.1. The van der Waals surface area contributed by atoms with Gasteiger partial charge in [0.05, 0.1) is 0 Å². The number of nitrogens with two attached hydrogens (primary N) is 1. The van der Waals surface area contributed by atoms with Crippen molar-refractivity contribution in [2.24, 2.45) is 5.14 Å². The lowest BCUT2D eigenvalue weighted by molar-refractivity contribution is 0.185. The fourth-order valence-corrected chi connectivity index (χ4v) is 0.935. The summed E-state index contributed by atoms with van der Waals surface area (Å²) >= 11 is 0. The molecule has 0 saturated heterocycles. The number of hydrogen-bond donors (Lipinski definition) is 2. The number of hydrogen-bond acceptors (Lipinski definition) is 4. The second kappa shape index (κ2) is 2.40. The zero-order chi connectivity index (χ0) is 8.58. The van der Waals surface area contributed by atoms with Crippen LogP contribution in [0.4, 0.5) is 8.78 Å². The summed E-state index contributed by atoms with van der Waals surface area (Å²) in [5.74, 6) is 0. The van der Waals surface area contributed by atoms with E-state index in [4.69, 9.17) is 0 Å². The Hall–Kier alpha value is -0.280. The Balaban J connectivity index is 5.16. The molecule has 5 nitrogen and oxygen atoms in total. The molecule has 0 aromatic rings. The number of halogens is 2. The monoisotopic (exact) mass is 195 g/mol. The molecule has 62 valence electrons. The first-order valence-corrected chi connectivity index (χ1v) is 4.46. The molecule has 9 heteroatoms. The van der Waals surface area contributed by atoms with Gasteiger partial charge in [-0.25, -0.2) is 22.0 Å². The maximum atomic E-state index is 11.7. The van der Waals surface area contributed by atoms with E-state index in [-0.39, 0.29) is 0 Å². The summed E-state index contributed by atoms with van der Waals surface area (Å²) in [4.78, 5) is 0. The van der Waals surface area contributed by atoms with Crippen LogP contribution in [0, 0.1) is 0 Å². The highest BCUT2D eigenvalue weighted by Crippen LogP contribution is 2.18. The van der Waals surface area contributed by atoms with E-state index >= 15 is 0 Å². The second-order valence-electron chi connectivity index (χ2n) is 1.29. The average molecular weight is 195 g/mol. The largest absolute Gasteiger partial charge is 0.456 e. The van der Waals surface area contributed by atoms with Gasteiger partial charge in [0.15, 0.2) is 0 Å². The van der Waals surface area contributed by atoms with Crippen molar-refractivity contribution in [2.75, 3.05) is 0 Å². The molecule has 0 atom stereocenters. The zero-order valence-corrected chi connectivity index (χ0v) is 6.03. The van der Waals surface area contributed by atoms with Crippen LogP contribution < -0.4 is 5.14 Å². The quantitative estimate of drug-likeness (QED) is 0.521. The normalized spacial score (nSPS) is 14.0. The molecule has 0 saturated carbocycles. The van der Waals surface area contributed by atoms with Crippen LogP contribution in [0.2, 0.25) is 0 Å². The maximum absolute atomic E-state index is 11.7. The van der Waals surface area contributed by atoms with Crippen LogP contribution in [0.1, 0.15) is 0 Å². The van der Waals surface area contributed by atoms with E-state index in [0.717, 1.165) is 0 Å². The minimum Gasteiger partial charge on any atom is -0.224 e. The molecule has 0 aromatic carbocycles. The number of sulfonamides is 1. The van der Waals surface area contributed by atoms with Crippen LogP contribution in [0.3, 0.4) is 0 Å². The van der Waals surface area contributed by atoms with E-state index in [1.54, 1.807) is 0 Å². The zero-order valence-electron chi connectivity index (χ0n) is 4.32. The predicted molar refractivity (Wildman–Crippen MR) is 28.4 cm³/mol. The van der Waals surface area contributed by atoms with Gasteiger partial charge in [-0.05, 0) is 0 Å². The Morgan fingerprint density at radius 2 is 1.60 bits per heavy atom. The Labute approximate surface area is 56.8 Å². The molecule has 0 spiro atoms. The number of thiol groups is 1. The molecule has 0 fully saturated rings. The Morgan fingerprint density at radius 1 is 1.30 bits per heavy atom. The molecule has 2 N–H and O–H groups in total. The highest BCUT2D eigenvalue weighted by Gasteiger charge is 2.46. The molecule has 0 radical (unpaired) electrons. The van der Waals surface area contributed by atoms with E-state index < -0.39 is 25.3 Å². The van der Waals surface area contributed by atoms with Gasteiger partial charge in [0.1, 0.15) is 0 Å². The first kappa shape index (κ1) is 9.72. The molecule has 0 aromatic heterocycles. The van der Waals surface area contributed by atoms with Crippen LogP contribution in [-0.2, 0) is 20.7 Å². The van der Waals surface area contributed by atoms with Gasteiger partial charge < -0.3 is 0 Å². The van der Waals surface area contributed by atoms with Crippen LogP contribution in [-0.4, -0.2) is 21.4 Å². The van der Waals surface area contributed by atoms with E-state index in [0.29, 0.717) is 0 Å². The molecule has 0 aliphatic heterocycles. The molecule has 0 rings (SSSR count). The summed E-state index contributed by atoms with van der Waals surface area (Å²) in [6.45, 7) is 0. The molecule has 0 unspecified atom stereocenters. The minimum atomic E-state index is -5.33. The van der Waals surface area contributed by atoms with Crippen molar-refractivity contribution in [3.05, 3.63) is 0 Å². The van der Waals surface area contributed by atoms with Crippen molar-refractivity contribution in [3.8, 4) is 0 Å². The van der Waals surface area contributed by atoms with Crippen molar-refractivity contribution in [3.63, 3.8) is 0 Å². The smallest absolute Gasteiger partial charge is 0.224 e. The highest BCUT2D eigenvalue weighted by atomic mass is 32.3. The maximum Gasteiger partial charge on any atom is 0.456 e. The second-order valence-corrected chi connectivity index (χ2v) is 4.27. The Morgan fingerprint density at radius 3 is 1.60 bits per heavy atom. The molecule has 10 heavy (non-hydrogen) atoms. The van der Waals surface area contributed by atoms with Gasteiger partial charge in [0.2, 0.25) is 10.7 Å². The Bertz CT molecular complexity index is 280. The van der Waals surface area contributed by atoms with Gasteiger partial charge in [-0.3, -0.25) is 0 Å². The van der Waals surface area contributed by atoms with E-state index in [1.165, 1.54) is 0 Å². The summed E-state index contributed by atoms with van der Waals surface area (Å²) in [5.41, 5.74) is 0. The number of alkyl halides is 2. The summed E-state index contributed by atoms with van der Waals surface area (Å²) in [7, 11) is -9.71. The summed E-state index contributed by atoms with van der Waals surface area (Å²) in [6, 6.07) is 0. The molecular weight excluding hydrogens is 192 g/mol. The fourth-order valence-electron chi connectivity index (χ4n) is 0.104. The van der Waals surface area contributed by atoms with Gasteiger partial charge in [-0.2, -0.15) is 8.78 Å². The molecule has 0 bridgehead atoms. The third-order valence-corrected chi connectivity index (χ3v) is 2.88. The number of rotatable bonds is 2. The van der Waals surface area contributed by atoms with Gasteiger partial charge in [0.25, 0.3) is 10.0 Å². The molecule has 0 amide bonds. The number of primary sulfonamides is 1. The highest BCUT2D eigenvalue weighted by molar-refractivity contribution is 8.01. The van der Waals surface area contributed by atoms with Gasteiger partial charge in [-0.15, -0.1) is 0 Å². The molecule has 0 aliphatic carbocycles. The first-order valence-electron chi connectivity index (χ1n) is 1.74. The topological polar surface area (TPSA) is 94.3 Å². The Kier molecular flexibility index (Phi) is 2.33. The van der Waals surface area contributed by atoms with Crippen LogP contribution in [0.15, 0.2) is 0 Å². The third kappa shape index (κ3) is 1.61. The standard InChI is InChI=1S/CH3F2NO4S2/c2-1(3,9(5)6)10(4,7)8/h9H,(H2,4,7,8). The first-order chi connectivity index (χ1) is 4.19. The molecular formula is CH3F2NO4S2. The van der Waals surface area contributed by atoms with Gasteiger partial charge in [0, 0.05) is 0 Å². The lowest BCUT2D eigenvalue weighted by Gasteiger charge is -2.03. The lowest BCUT2D eigenvalue weighted by Crippen LogP contribution is -2.36. The average Bonchev–Trinajstić information content (AvgIpc) is 1.62. The van der Waals surface area contributed by atoms with Crippen molar-refractivity contribution in [1.29, 1.82) is 0 Å². The van der Waals surface area contributed by atoms with Crippen molar-refractivity contribution in [2.45, 2.75) is 4.59 Å². The third-order valence-electron chi connectivity index (χ3n) is 0.555. The fraction of sp³-hybridized carbons (Fsp3) is 1.00. The SMILES string of the molecule is NS(=O)(=O)C(F)(F)[SH](=O)=O.